The van der Waals surface area contributed by atoms with Crippen LogP contribution < -0.4 is 9.62 Å². The molecular formula is C36H54N2O6S. The highest BCUT2D eigenvalue weighted by Gasteiger charge is 2.64. The van der Waals surface area contributed by atoms with Gasteiger partial charge in [0.1, 0.15) is 0 Å². The fourth-order valence-electron chi connectivity index (χ4n) is 12.2. The Balaban J connectivity index is 0.956. The Morgan fingerprint density at radius 1 is 0.911 bits per heavy atom. The summed E-state index contributed by atoms with van der Waals surface area (Å²) in [6.07, 6.45) is 12.0. The van der Waals surface area contributed by atoms with E-state index >= 15 is 0 Å². The van der Waals surface area contributed by atoms with Crippen molar-refractivity contribution in [3.05, 3.63) is 24.3 Å². The molecule has 3 N–H and O–H groups in total. The van der Waals surface area contributed by atoms with E-state index in [-0.39, 0.29) is 46.4 Å². The molecular weight excluding hydrogens is 588 g/mol. The van der Waals surface area contributed by atoms with Gasteiger partial charge in [-0.05, 0) is 148 Å². The third kappa shape index (κ3) is 5.22. The van der Waals surface area contributed by atoms with Crippen LogP contribution in [0.2, 0.25) is 0 Å². The van der Waals surface area contributed by atoms with Crippen LogP contribution in [0, 0.1) is 46.3 Å². The Hall–Kier alpha value is -1.84. The van der Waals surface area contributed by atoms with E-state index in [0.29, 0.717) is 42.2 Å². The zero-order chi connectivity index (χ0) is 31.7. The van der Waals surface area contributed by atoms with E-state index in [1.165, 1.54) is 25.7 Å². The van der Waals surface area contributed by atoms with Crippen LogP contribution in [0.4, 0.5) is 10.5 Å². The Kier molecular flexibility index (Phi) is 8.25. The van der Waals surface area contributed by atoms with Gasteiger partial charge in [0, 0.05) is 17.8 Å². The lowest BCUT2D eigenvalue weighted by molar-refractivity contribution is -0.202. The fraction of sp³-hybridized carbons (Fsp3) is 0.806. The molecule has 6 fully saturated rings. The first-order chi connectivity index (χ1) is 21.5. The van der Waals surface area contributed by atoms with Crippen molar-refractivity contribution >= 4 is 21.8 Å². The number of amides is 1. The minimum Gasteiger partial charge on any atom is -0.449 e. The number of rotatable bonds is 7. The molecule has 7 rings (SSSR count). The van der Waals surface area contributed by atoms with Crippen molar-refractivity contribution in [1.29, 1.82) is 0 Å². The molecule has 9 heteroatoms. The predicted octanol–water partition coefficient (Wildman–Crippen LogP) is 6.25. The summed E-state index contributed by atoms with van der Waals surface area (Å²) in [6, 6.07) is 7.99. The molecule has 0 radical (unpaired) electrons. The maximum atomic E-state index is 13.0. The van der Waals surface area contributed by atoms with Crippen LogP contribution in [0.3, 0.4) is 0 Å². The van der Waals surface area contributed by atoms with E-state index in [2.05, 4.69) is 30.4 Å². The van der Waals surface area contributed by atoms with Crippen LogP contribution >= 0.6 is 0 Å². The van der Waals surface area contributed by atoms with Crippen molar-refractivity contribution in [2.24, 2.45) is 46.3 Å². The standard InChI is InChI=1S/C36H54N2O6S/c1-4-28-31-21-26(39)15-18-36(31,3)30-16-19-35(2)22(5-14-29(35)32(30)33(28)40)17-20-44-34(41)37-45(42,43)27-12-10-25(11-13-27)38-23-6-7-24(38)9-8-23/h10-13,22-24,26,28-33,39-40H,4-9,14-21H2,1-3H3,(H,37,41)/t22-,23?,24?,26-,28-,29+,30+,31+,32+,33-,35-,36-/m1/s1. The molecule has 4 saturated carbocycles. The third-order valence-electron chi connectivity index (χ3n) is 14.4. The molecule has 4 aliphatic carbocycles. The zero-order valence-electron chi connectivity index (χ0n) is 27.4. The number of fused-ring (bicyclic) bond motifs is 7. The minimum atomic E-state index is -4.02. The molecule has 2 saturated heterocycles. The summed E-state index contributed by atoms with van der Waals surface area (Å²) in [4.78, 5) is 15.2. The smallest absolute Gasteiger partial charge is 0.421 e. The number of nitrogens with one attached hydrogen (secondary N) is 1. The summed E-state index contributed by atoms with van der Waals surface area (Å²) < 4.78 is 33.5. The molecule has 8 nitrogen and oxygen atoms in total. The summed E-state index contributed by atoms with van der Waals surface area (Å²) in [5.74, 6) is 2.17. The van der Waals surface area contributed by atoms with Gasteiger partial charge in [0.2, 0.25) is 0 Å². The largest absolute Gasteiger partial charge is 0.449 e. The lowest BCUT2D eigenvalue weighted by Gasteiger charge is -2.64. The lowest BCUT2D eigenvalue weighted by Crippen LogP contribution is -2.62. The van der Waals surface area contributed by atoms with Crippen molar-refractivity contribution in [2.75, 3.05) is 11.5 Å². The van der Waals surface area contributed by atoms with Gasteiger partial charge in [0.05, 0.1) is 23.7 Å². The summed E-state index contributed by atoms with van der Waals surface area (Å²) in [6.45, 7) is 7.22. The second-order valence-electron chi connectivity index (χ2n) is 16.1. The summed E-state index contributed by atoms with van der Waals surface area (Å²) in [5.41, 5.74) is 1.29. The second-order valence-corrected chi connectivity index (χ2v) is 17.8. The Morgan fingerprint density at radius 3 is 2.22 bits per heavy atom. The number of benzene rings is 1. The average molecular weight is 643 g/mol. The Bertz CT molecular complexity index is 1350. The number of aliphatic hydroxyl groups is 2. The van der Waals surface area contributed by atoms with Crippen LogP contribution in [0.15, 0.2) is 29.2 Å². The summed E-state index contributed by atoms with van der Waals surface area (Å²) >= 11 is 0. The van der Waals surface area contributed by atoms with Crippen LogP contribution in [0.25, 0.3) is 0 Å². The van der Waals surface area contributed by atoms with Crippen molar-refractivity contribution < 1.29 is 28.2 Å². The van der Waals surface area contributed by atoms with Crippen LogP contribution in [-0.4, -0.2) is 55.6 Å². The molecule has 1 aromatic carbocycles. The van der Waals surface area contributed by atoms with E-state index in [1.54, 1.807) is 12.1 Å². The number of anilines is 1. The molecule has 45 heavy (non-hydrogen) atoms. The van der Waals surface area contributed by atoms with Crippen molar-refractivity contribution in [1.82, 2.24) is 4.72 Å². The molecule has 2 bridgehead atoms. The maximum Gasteiger partial charge on any atom is 0.421 e. The second kappa shape index (κ2) is 11.7. The van der Waals surface area contributed by atoms with E-state index < -0.39 is 16.1 Å². The van der Waals surface area contributed by atoms with Gasteiger partial charge in [-0.25, -0.2) is 17.9 Å². The highest BCUT2D eigenvalue weighted by atomic mass is 32.2. The molecule has 2 heterocycles. The minimum absolute atomic E-state index is 0.0671. The molecule has 0 aromatic heterocycles. The van der Waals surface area contributed by atoms with E-state index in [0.717, 1.165) is 57.1 Å². The first-order valence-corrected chi connectivity index (χ1v) is 19.4. The third-order valence-corrected chi connectivity index (χ3v) is 15.7. The highest BCUT2D eigenvalue weighted by Crippen LogP contribution is 2.69. The van der Waals surface area contributed by atoms with Crippen LogP contribution in [0.5, 0.6) is 0 Å². The fourth-order valence-corrected chi connectivity index (χ4v) is 13.1. The monoisotopic (exact) mass is 642 g/mol. The predicted molar refractivity (Wildman–Crippen MR) is 173 cm³/mol. The lowest BCUT2D eigenvalue weighted by atomic mass is 9.41. The number of carbonyl (C=O) groups is 1. The zero-order valence-corrected chi connectivity index (χ0v) is 28.2. The molecule has 0 spiro atoms. The Labute approximate surface area is 269 Å². The van der Waals surface area contributed by atoms with Gasteiger partial charge < -0.3 is 19.8 Å². The number of nitrogens with zero attached hydrogens (tertiary/aromatic N) is 1. The van der Waals surface area contributed by atoms with Gasteiger partial charge in [-0.2, -0.15) is 0 Å². The summed E-state index contributed by atoms with van der Waals surface area (Å²) in [5, 5.41) is 22.4. The molecule has 10 atom stereocenters. The maximum absolute atomic E-state index is 13.0. The number of sulfonamides is 1. The molecule has 6 aliphatic rings. The first-order valence-electron chi connectivity index (χ1n) is 17.9. The SMILES string of the molecule is CC[C@H]1[C@@H](O)[C@@H]2[C@H](CC[C@]3(C)[C@@H](CCOC(=O)NS(=O)(=O)c4ccc(N5C6CCC5CC6)cc4)CC[C@@H]23)[C@@]2(C)CC[C@@H](O)C[C@@H]12. The van der Waals surface area contributed by atoms with Crippen molar-refractivity contribution in [3.63, 3.8) is 0 Å². The van der Waals surface area contributed by atoms with Crippen molar-refractivity contribution in [2.45, 2.75) is 133 Å². The average Bonchev–Trinajstić information content (AvgIpc) is 3.71. The van der Waals surface area contributed by atoms with Gasteiger partial charge >= 0.3 is 6.09 Å². The van der Waals surface area contributed by atoms with Gasteiger partial charge in [-0.1, -0.05) is 27.2 Å². The van der Waals surface area contributed by atoms with Gasteiger partial charge in [-0.3, -0.25) is 0 Å². The summed E-state index contributed by atoms with van der Waals surface area (Å²) in [7, 11) is -4.02. The quantitative estimate of drug-likeness (QED) is 0.322. The highest BCUT2D eigenvalue weighted by molar-refractivity contribution is 7.90. The van der Waals surface area contributed by atoms with Crippen LogP contribution in [-0.2, 0) is 14.8 Å². The molecule has 1 amide bonds. The number of hydrogen-bond acceptors (Lipinski definition) is 7. The number of aliphatic hydroxyl groups excluding tert-OH is 2. The van der Waals surface area contributed by atoms with E-state index in [9.17, 15) is 23.4 Å². The van der Waals surface area contributed by atoms with Crippen molar-refractivity contribution in [3.8, 4) is 0 Å². The van der Waals surface area contributed by atoms with E-state index in [4.69, 9.17) is 4.74 Å². The van der Waals surface area contributed by atoms with Crippen LogP contribution in [0.1, 0.15) is 104 Å². The van der Waals surface area contributed by atoms with E-state index in [1.807, 2.05) is 12.1 Å². The molecule has 0 unspecified atom stereocenters. The molecule has 2 aliphatic heterocycles. The Morgan fingerprint density at radius 2 is 1.56 bits per heavy atom. The molecule has 1 aromatic rings. The number of hydrogen-bond donors (Lipinski definition) is 3. The van der Waals surface area contributed by atoms with Gasteiger partial charge in [0.15, 0.2) is 0 Å². The normalized spacial score (nSPS) is 43.8. The van der Waals surface area contributed by atoms with Gasteiger partial charge in [0.25, 0.3) is 10.0 Å². The molecule has 250 valence electrons. The van der Waals surface area contributed by atoms with Gasteiger partial charge in [-0.15, -0.1) is 0 Å². The first kappa shape index (κ1) is 31.7. The number of carbonyl (C=O) groups excluding carboxylic acids is 1. The topological polar surface area (TPSA) is 116 Å². The number of ether oxygens (including phenoxy) is 1.